The van der Waals surface area contributed by atoms with Gasteiger partial charge >= 0.3 is 0 Å². The van der Waals surface area contributed by atoms with Crippen LogP contribution in [0.1, 0.15) is 6.42 Å². The molecule has 4 aliphatic rings. The summed E-state index contributed by atoms with van der Waals surface area (Å²) in [6.45, 7) is 0. The first-order chi connectivity index (χ1) is 8.68. The number of aliphatic hydroxyl groups excluding tert-OH is 1. The lowest BCUT2D eigenvalue weighted by Crippen LogP contribution is -2.17. The fourth-order valence-corrected chi connectivity index (χ4v) is 5.76. The Kier molecular flexibility index (Phi) is 2.09. The van der Waals surface area contributed by atoms with Crippen LogP contribution >= 0.6 is 11.8 Å². The molecule has 6 atom stereocenters. The summed E-state index contributed by atoms with van der Waals surface area (Å²) < 4.78 is 0. The van der Waals surface area contributed by atoms with Gasteiger partial charge in [-0.25, -0.2) is 0 Å². The molecular formula is C13H13NO3S. The number of nitro groups is 1. The van der Waals surface area contributed by atoms with Crippen molar-refractivity contribution in [2.45, 2.75) is 22.7 Å². The highest BCUT2D eigenvalue weighted by Crippen LogP contribution is 2.73. The zero-order valence-corrected chi connectivity index (χ0v) is 10.4. The van der Waals surface area contributed by atoms with E-state index in [0.717, 1.165) is 11.3 Å². The van der Waals surface area contributed by atoms with E-state index in [9.17, 15) is 15.2 Å². The maximum atomic E-state index is 11.0. The number of nitrogens with zero attached hydrogens (tertiary/aromatic N) is 1. The molecule has 1 N–H and O–H groups in total. The minimum Gasteiger partial charge on any atom is -0.392 e. The average molecular weight is 263 g/mol. The van der Waals surface area contributed by atoms with Crippen LogP contribution in [-0.2, 0) is 0 Å². The van der Waals surface area contributed by atoms with Crippen molar-refractivity contribution >= 4 is 17.4 Å². The first-order valence-electron chi connectivity index (χ1n) is 6.26. The molecule has 0 amide bonds. The van der Waals surface area contributed by atoms with Gasteiger partial charge < -0.3 is 5.11 Å². The highest BCUT2D eigenvalue weighted by atomic mass is 32.2. The van der Waals surface area contributed by atoms with Gasteiger partial charge in [0.25, 0.3) is 5.69 Å². The molecule has 5 rings (SSSR count). The topological polar surface area (TPSA) is 63.4 Å². The fraction of sp³-hybridized carbons (Fsp3) is 0.538. The van der Waals surface area contributed by atoms with Gasteiger partial charge in [-0.3, -0.25) is 10.1 Å². The number of rotatable bonds is 3. The lowest BCUT2D eigenvalue weighted by Gasteiger charge is -2.16. The summed E-state index contributed by atoms with van der Waals surface area (Å²) >= 11 is 1.61. The largest absolute Gasteiger partial charge is 0.392 e. The lowest BCUT2D eigenvalue weighted by molar-refractivity contribution is -0.387. The van der Waals surface area contributed by atoms with Gasteiger partial charge in [-0.15, -0.1) is 11.8 Å². The molecule has 4 fully saturated rings. The molecule has 0 spiro atoms. The minimum atomic E-state index is -0.317. The Hall–Kier alpha value is -1.07. The molecule has 0 aliphatic heterocycles. The molecule has 4 saturated carbocycles. The maximum Gasteiger partial charge on any atom is 0.282 e. The van der Waals surface area contributed by atoms with Crippen molar-refractivity contribution in [3.63, 3.8) is 0 Å². The van der Waals surface area contributed by atoms with Gasteiger partial charge in [-0.2, -0.15) is 0 Å². The predicted octanol–water partition coefficient (Wildman–Crippen LogP) is 2.31. The van der Waals surface area contributed by atoms with Crippen LogP contribution in [0.4, 0.5) is 5.69 Å². The van der Waals surface area contributed by atoms with Crippen LogP contribution in [0.5, 0.6) is 0 Å². The SMILES string of the molecule is O=[N+]([O-])c1ccccc1S[C@@H]1C2C3[C@H]2C[C@H]1[C@@H]3O. The van der Waals surface area contributed by atoms with E-state index in [1.54, 1.807) is 23.9 Å². The van der Waals surface area contributed by atoms with Crippen molar-refractivity contribution in [1.29, 1.82) is 0 Å². The fourth-order valence-electron chi connectivity index (χ4n) is 4.06. The lowest BCUT2D eigenvalue weighted by atomic mass is 10.1. The molecule has 4 aliphatic carbocycles. The van der Waals surface area contributed by atoms with Gasteiger partial charge in [0, 0.05) is 11.3 Å². The second kappa shape index (κ2) is 3.48. The van der Waals surface area contributed by atoms with Crippen molar-refractivity contribution < 1.29 is 10.0 Å². The summed E-state index contributed by atoms with van der Waals surface area (Å²) in [5, 5.41) is 21.4. The highest BCUT2D eigenvalue weighted by Gasteiger charge is 2.73. The number of benzene rings is 1. The average Bonchev–Trinajstić information content (AvgIpc) is 2.67. The summed E-state index contributed by atoms with van der Waals surface area (Å²) in [7, 11) is 0. The van der Waals surface area contributed by atoms with Gasteiger partial charge in [0.15, 0.2) is 0 Å². The van der Waals surface area contributed by atoms with Crippen molar-refractivity contribution in [2.24, 2.45) is 23.7 Å². The highest BCUT2D eigenvalue weighted by molar-refractivity contribution is 8.00. The Morgan fingerprint density at radius 3 is 2.61 bits per heavy atom. The van der Waals surface area contributed by atoms with E-state index >= 15 is 0 Å². The second-order valence-electron chi connectivity index (χ2n) is 5.52. The Bertz CT molecular complexity index is 535. The molecule has 0 heterocycles. The van der Waals surface area contributed by atoms with Crippen LogP contribution in [-0.4, -0.2) is 21.4 Å². The number of aliphatic hydroxyl groups is 1. The number of thioether (sulfide) groups is 1. The van der Waals surface area contributed by atoms with Crippen molar-refractivity contribution in [1.82, 2.24) is 0 Å². The first kappa shape index (κ1) is 10.8. The maximum absolute atomic E-state index is 11.0. The second-order valence-corrected chi connectivity index (χ2v) is 6.74. The van der Waals surface area contributed by atoms with Crippen LogP contribution < -0.4 is 0 Å². The van der Waals surface area contributed by atoms with E-state index in [1.165, 1.54) is 0 Å². The molecule has 4 nitrogen and oxygen atoms in total. The summed E-state index contributed by atoms with van der Waals surface area (Å²) in [6, 6.07) is 6.92. The molecule has 0 radical (unpaired) electrons. The van der Waals surface area contributed by atoms with Crippen molar-refractivity contribution in [3.8, 4) is 0 Å². The quantitative estimate of drug-likeness (QED) is 0.671. The molecule has 1 aromatic carbocycles. The van der Waals surface area contributed by atoms with E-state index in [1.807, 2.05) is 12.1 Å². The van der Waals surface area contributed by atoms with Gasteiger partial charge in [0.2, 0.25) is 0 Å². The Morgan fingerprint density at radius 2 is 2.06 bits per heavy atom. The van der Waals surface area contributed by atoms with E-state index in [2.05, 4.69) is 0 Å². The molecule has 0 saturated heterocycles. The zero-order chi connectivity index (χ0) is 12.4. The summed E-state index contributed by atoms with van der Waals surface area (Å²) in [5.41, 5.74) is 0.193. The number of hydrogen-bond donors (Lipinski definition) is 1. The smallest absolute Gasteiger partial charge is 0.282 e. The molecule has 5 heteroatoms. The van der Waals surface area contributed by atoms with E-state index < -0.39 is 0 Å². The standard InChI is InChI=1S/C13H13NO3S/c15-12-7-5-6-10(12)11(6)13(7)18-9-4-2-1-3-8(9)14(16)17/h1-4,6-7,10-13,15H,5H2/t6-,7+,10?,11?,12+,13+/m1/s1. The van der Waals surface area contributed by atoms with Crippen LogP contribution in [0, 0.1) is 33.8 Å². The van der Waals surface area contributed by atoms with E-state index in [-0.39, 0.29) is 16.7 Å². The number of para-hydroxylation sites is 1. The summed E-state index contributed by atoms with van der Waals surface area (Å²) in [6.07, 6.45) is 0.967. The third kappa shape index (κ3) is 1.26. The Balaban J connectivity index is 1.62. The third-order valence-electron chi connectivity index (χ3n) is 4.80. The molecule has 94 valence electrons. The van der Waals surface area contributed by atoms with Crippen LogP contribution in [0.3, 0.4) is 0 Å². The Morgan fingerprint density at radius 1 is 1.28 bits per heavy atom. The molecular weight excluding hydrogens is 250 g/mol. The minimum absolute atomic E-state index is 0.153. The van der Waals surface area contributed by atoms with Gasteiger partial charge in [-0.1, -0.05) is 12.1 Å². The molecule has 2 unspecified atom stereocenters. The first-order valence-corrected chi connectivity index (χ1v) is 7.14. The van der Waals surface area contributed by atoms with Gasteiger partial charge in [0.1, 0.15) is 0 Å². The predicted molar refractivity (Wildman–Crippen MR) is 67.3 cm³/mol. The molecule has 1 aromatic rings. The van der Waals surface area contributed by atoms with E-state index in [4.69, 9.17) is 0 Å². The van der Waals surface area contributed by atoms with Gasteiger partial charge in [-0.05, 0) is 36.2 Å². The van der Waals surface area contributed by atoms with Crippen molar-refractivity contribution in [2.75, 3.05) is 0 Å². The monoisotopic (exact) mass is 263 g/mol. The van der Waals surface area contributed by atoms with E-state index in [0.29, 0.717) is 28.9 Å². The number of nitro benzene ring substituents is 1. The summed E-state index contributed by atoms with van der Waals surface area (Å²) in [5.74, 6) is 2.16. The molecule has 4 bridgehead atoms. The van der Waals surface area contributed by atoms with Crippen LogP contribution in [0.25, 0.3) is 0 Å². The summed E-state index contributed by atoms with van der Waals surface area (Å²) in [4.78, 5) is 11.4. The zero-order valence-electron chi connectivity index (χ0n) is 9.60. The number of hydrogen-bond acceptors (Lipinski definition) is 4. The normalized spacial score (nSPS) is 43.2. The third-order valence-corrected chi connectivity index (χ3v) is 6.33. The van der Waals surface area contributed by atoms with Gasteiger partial charge in [0.05, 0.1) is 15.9 Å². The van der Waals surface area contributed by atoms with Crippen LogP contribution in [0.15, 0.2) is 29.2 Å². The molecule has 18 heavy (non-hydrogen) atoms. The Labute approximate surface area is 109 Å². The molecule has 0 aromatic heterocycles. The van der Waals surface area contributed by atoms with Crippen LogP contribution in [0.2, 0.25) is 0 Å². The van der Waals surface area contributed by atoms with Crippen molar-refractivity contribution in [3.05, 3.63) is 34.4 Å².